The second kappa shape index (κ2) is 12.2. The van der Waals surface area contributed by atoms with Crippen molar-refractivity contribution in [3.8, 4) is 11.1 Å². The van der Waals surface area contributed by atoms with Gasteiger partial charge in [-0.25, -0.2) is 28.3 Å². The molecule has 35 heavy (non-hydrogen) atoms. The normalized spacial score (nSPS) is 16.8. The SMILES string of the molecule is C1CCCCC1.CC1CC(F)(F)C1.CNc1ncc2c(-c3cnc(N=C(C)C)c(C)c3)ccn2n1. The van der Waals surface area contributed by atoms with Crippen LogP contribution in [0.25, 0.3) is 16.6 Å². The molecule has 6 nitrogen and oxygen atoms in total. The molecule has 0 bridgehead atoms. The predicted octanol–water partition coefficient (Wildman–Crippen LogP) is 7.65. The van der Waals surface area contributed by atoms with E-state index >= 15 is 0 Å². The second-order valence-electron chi connectivity index (χ2n) is 9.81. The lowest BCUT2D eigenvalue weighted by atomic mass is 9.83. The smallest absolute Gasteiger partial charge is 0.248 e. The van der Waals surface area contributed by atoms with Crippen LogP contribution in [0.3, 0.4) is 0 Å². The summed E-state index contributed by atoms with van der Waals surface area (Å²) in [6, 6.07) is 4.12. The summed E-state index contributed by atoms with van der Waals surface area (Å²) in [6.07, 6.45) is 14.8. The average molecular weight is 485 g/mol. The Hall–Kier alpha value is -2.90. The monoisotopic (exact) mass is 484 g/mol. The first-order valence-electron chi connectivity index (χ1n) is 12.6. The average Bonchev–Trinajstić information content (AvgIpc) is 3.24. The van der Waals surface area contributed by atoms with Crippen molar-refractivity contribution in [1.29, 1.82) is 0 Å². The number of alkyl halides is 2. The van der Waals surface area contributed by atoms with Crippen LogP contribution in [0.2, 0.25) is 0 Å². The maximum atomic E-state index is 11.8. The molecule has 0 spiro atoms. The van der Waals surface area contributed by atoms with Gasteiger partial charge in [0.15, 0.2) is 5.82 Å². The fourth-order valence-corrected chi connectivity index (χ4v) is 4.32. The van der Waals surface area contributed by atoms with E-state index in [4.69, 9.17) is 0 Å². The standard InChI is InChI=1S/C16H18N6.C6H12.C5H8F2/c1-10(2)20-15-11(3)7-12(8-18-15)13-5-6-22-14(13)9-19-16(17-4)21-22;1-2-4-6-5-3-1;1-4-2-5(6,7)3-4/h5-9H,1-4H3,(H,17,21);1-6H2;4H,2-3H2,1H3. The minimum Gasteiger partial charge on any atom is -0.356 e. The third-order valence-corrected chi connectivity index (χ3v) is 6.13. The van der Waals surface area contributed by atoms with Gasteiger partial charge in [0, 0.05) is 49.1 Å². The predicted molar refractivity (Wildman–Crippen MR) is 140 cm³/mol. The van der Waals surface area contributed by atoms with Gasteiger partial charge in [-0.05, 0) is 44.4 Å². The fourth-order valence-electron chi connectivity index (χ4n) is 4.32. The van der Waals surface area contributed by atoms with E-state index < -0.39 is 5.92 Å². The zero-order valence-corrected chi connectivity index (χ0v) is 21.6. The molecule has 5 rings (SSSR count). The van der Waals surface area contributed by atoms with Crippen LogP contribution in [0, 0.1) is 12.8 Å². The first-order valence-corrected chi connectivity index (χ1v) is 12.6. The van der Waals surface area contributed by atoms with E-state index in [-0.39, 0.29) is 18.8 Å². The fraction of sp³-hybridized carbons (Fsp3) is 0.556. The Morgan fingerprint density at radius 2 is 1.69 bits per heavy atom. The summed E-state index contributed by atoms with van der Waals surface area (Å²) in [7, 11) is 1.80. The van der Waals surface area contributed by atoms with Crippen LogP contribution in [0.4, 0.5) is 20.5 Å². The minimum atomic E-state index is -2.31. The molecule has 0 unspecified atom stereocenters. The van der Waals surface area contributed by atoms with Crippen molar-refractivity contribution in [3.05, 3.63) is 36.3 Å². The molecular formula is C27H38F2N6. The van der Waals surface area contributed by atoms with Gasteiger partial charge < -0.3 is 5.32 Å². The molecule has 1 N–H and O–H groups in total. The molecule has 2 aliphatic rings. The lowest BCUT2D eigenvalue weighted by molar-refractivity contribution is -0.104. The summed E-state index contributed by atoms with van der Waals surface area (Å²) in [5, 5.41) is 7.30. The Balaban J connectivity index is 0.000000213. The number of aryl methyl sites for hydroxylation is 1. The summed E-state index contributed by atoms with van der Waals surface area (Å²) in [5.74, 6) is -0.692. The quantitative estimate of drug-likeness (QED) is 0.388. The molecule has 2 saturated carbocycles. The highest BCUT2D eigenvalue weighted by molar-refractivity contribution is 5.83. The van der Waals surface area contributed by atoms with Crippen molar-refractivity contribution in [2.75, 3.05) is 12.4 Å². The number of hydrogen-bond donors (Lipinski definition) is 1. The number of aliphatic imine (C=N–C) groups is 1. The minimum absolute atomic E-state index is 0.104. The molecule has 2 fully saturated rings. The van der Waals surface area contributed by atoms with E-state index in [1.807, 2.05) is 56.9 Å². The Labute approximate surface area is 207 Å². The van der Waals surface area contributed by atoms with E-state index in [1.54, 1.807) is 7.05 Å². The number of nitrogens with zero attached hydrogens (tertiary/aromatic N) is 5. The van der Waals surface area contributed by atoms with E-state index in [9.17, 15) is 8.78 Å². The second-order valence-corrected chi connectivity index (χ2v) is 9.81. The molecule has 190 valence electrons. The lowest BCUT2D eigenvalue weighted by Gasteiger charge is -2.31. The van der Waals surface area contributed by atoms with Gasteiger partial charge in [-0.15, -0.1) is 5.10 Å². The summed E-state index contributed by atoms with van der Waals surface area (Å²) in [6.45, 7) is 7.80. The first kappa shape index (κ1) is 26.7. The zero-order valence-electron chi connectivity index (χ0n) is 21.6. The van der Waals surface area contributed by atoms with E-state index in [1.165, 1.54) is 38.5 Å². The Bertz CT molecular complexity index is 1110. The van der Waals surface area contributed by atoms with E-state index in [0.29, 0.717) is 5.95 Å². The number of anilines is 1. The first-order chi connectivity index (χ1) is 16.7. The van der Waals surface area contributed by atoms with Crippen molar-refractivity contribution in [2.24, 2.45) is 10.9 Å². The number of rotatable bonds is 3. The molecule has 3 aromatic heterocycles. The molecule has 0 aliphatic heterocycles. The number of hydrogen-bond acceptors (Lipinski definition) is 5. The Morgan fingerprint density at radius 1 is 1.06 bits per heavy atom. The van der Waals surface area contributed by atoms with Gasteiger partial charge in [0.25, 0.3) is 0 Å². The van der Waals surface area contributed by atoms with E-state index in [0.717, 1.165) is 33.7 Å². The number of nitrogens with one attached hydrogen (secondary N) is 1. The summed E-state index contributed by atoms with van der Waals surface area (Å²) >= 11 is 0. The van der Waals surface area contributed by atoms with Crippen LogP contribution < -0.4 is 5.32 Å². The van der Waals surface area contributed by atoms with Crippen LogP contribution >= 0.6 is 0 Å². The molecule has 2 aliphatic carbocycles. The van der Waals surface area contributed by atoms with Crippen LogP contribution in [0.1, 0.15) is 77.7 Å². The summed E-state index contributed by atoms with van der Waals surface area (Å²) in [5.41, 5.74) is 5.08. The molecule has 0 saturated heterocycles. The number of fused-ring (bicyclic) bond motifs is 1. The van der Waals surface area contributed by atoms with Gasteiger partial charge in [-0.2, -0.15) is 0 Å². The summed E-state index contributed by atoms with van der Waals surface area (Å²) in [4.78, 5) is 13.2. The number of aromatic nitrogens is 4. The van der Waals surface area contributed by atoms with Crippen molar-refractivity contribution < 1.29 is 8.78 Å². The van der Waals surface area contributed by atoms with Crippen LogP contribution in [0.5, 0.6) is 0 Å². The lowest BCUT2D eigenvalue weighted by Crippen LogP contribution is -2.33. The molecule has 0 amide bonds. The van der Waals surface area contributed by atoms with E-state index in [2.05, 4.69) is 31.4 Å². The molecular weight excluding hydrogens is 446 g/mol. The third kappa shape index (κ3) is 7.80. The molecule has 3 aromatic rings. The topological polar surface area (TPSA) is 67.5 Å². The van der Waals surface area contributed by atoms with Crippen molar-refractivity contribution in [2.45, 2.75) is 85.0 Å². The molecule has 3 heterocycles. The highest BCUT2D eigenvalue weighted by Gasteiger charge is 2.42. The molecule has 0 atom stereocenters. The molecule has 8 heteroatoms. The number of halogens is 2. The maximum Gasteiger partial charge on any atom is 0.248 e. The van der Waals surface area contributed by atoms with Crippen molar-refractivity contribution in [3.63, 3.8) is 0 Å². The van der Waals surface area contributed by atoms with Crippen LogP contribution in [0.15, 0.2) is 35.7 Å². The van der Waals surface area contributed by atoms with Gasteiger partial charge in [0.1, 0.15) is 0 Å². The number of pyridine rings is 1. The van der Waals surface area contributed by atoms with Crippen molar-refractivity contribution in [1.82, 2.24) is 19.6 Å². The van der Waals surface area contributed by atoms with Gasteiger partial charge in [-0.1, -0.05) is 45.4 Å². The van der Waals surface area contributed by atoms with Gasteiger partial charge in [-0.3, -0.25) is 0 Å². The highest BCUT2D eigenvalue weighted by Crippen LogP contribution is 2.41. The van der Waals surface area contributed by atoms with Gasteiger partial charge in [0.05, 0.1) is 11.7 Å². The maximum absolute atomic E-state index is 11.8. The molecule has 0 radical (unpaired) electrons. The third-order valence-electron chi connectivity index (χ3n) is 6.13. The van der Waals surface area contributed by atoms with Crippen LogP contribution in [-0.2, 0) is 0 Å². The zero-order chi connectivity index (χ0) is 25.4. The largest absolute Gasteiger partial charge is 0.356 e. The molecule has 0 aromatic carbocycles. The van der Waals surface area contributed by atoms with Gasteiger partial charge in [0.2, 0.25) is 11.9 Å². The summed E-state index contributed by atoms with van der Waals surface area (Å²) < 4.78 is 25.4. The highest BCUT2D eigenvalue weighted by atomic mass is 19.3. The van der Waals surface area contributed by atoms with Gasteiger partial charge >= 0.3 is 0 Å². The van der Waals surface area contributed by atoms with Crippen molar-refractivity contribution >= 4 is 23.0 Å². The van der Waals surface area contributed by atoms with Crippen LogP contribution in [-0.4, -0.2) is 38.3 Å². The Morgan fingerprint density at radius 3 is 2.14 bits per heavy atom. The Kier molecular flexibility index (Phi) is 9.29.